The fourth-order valence-corrected chi connectivity index (χ4v) is 11.8. The van der Waals surface area contributed by atoms with Gasteiger partial charge in [0.2, 0.25) is 0 Å². The summed E-state index contributed by atoms with van der Waals surface area (Å²) in [7, 11) is 0. The first kappa shape index (κ1) is 38.6. The monoisotopic (exact) mass is 892 g/mol. The van der Waals surface area contributed by atoms with Crippen molar-refractivity contribution in [1.29, 1.82) is 0 Å². The number of hydrogen-bond acceptors (Lipinski definition) is 2. The third-order valence-corrected chi connectivity index (χ3v) is 14.5. The van der Waals surface area contributed by atoms with Gasteiger partial charge in [0, 0.05) is 90.1 Å². The lowest BCUT2D eigenvalue weighted by Crippen LogP contribution is -2.16. The molecule has 0 bridgehead atoms. The van der Waals surface area contributed by atoms with Gasteiger partial charge in [-0.25, -0.2) is 0 Å². The van der Waals surface area contributed by atoms with Crippen LogP contribution >= 0.6 is 0 Å². The van der Waals surface area contributed by atoms with Crippen molar-refractivity contribution >= 4 is 87.2 Å². The second kappa shape index (κ2) is 15.0. The SMILES string of the molecule is c1cncc(-c2c(-n3c4ccccc4c4ccccc43)c(-n3c4ccccc4c4ccccc43)c(-c3cccnc3)c(-n3c4ccccc4c4ccccc43)c2-n2c3ccccc3c3ccccc32)c1. The highest BCUT2D eigenvalue weighted by atomic mass is 15.1. The van der Waals surface area contributed by atoms with Crippen LogP contribution in [0.15, 0.2) is 243 Å². The molecular formula is C64H40N6. The fraction of sp³-hybridized carbons (Fsp3) is 0. The average molecular weight is 893 g/mol. The predicted molar refractivity (Wildman–Crippen MR) is 290 cm³/mol. The summed E-state index contributed by atoms with van der Waals surface area (Å²) in [6, 6.07) is 79.6. The van der Waals surface area contributed by atoms with Crippen molar-refractivity contribution in [3.05, 3.63) is 243 Å². The van der Waals surface area contributed by atoms with E-state index in [0.29, 0.717) is 0 Å². The molecule has 6 heterocycles. The van der Waals surface area contributed by atoms with Crippen LogP contribution in [0.2, 0.25) is 0 Å². The summed E-state index contributed by atoms with van der Waals surface area (Å²) in [5.41, 5.74) is 17.0. The molecule has 0 fully saturated rings. The molecule has 0 aliphatic rings. The summed E-state index contributed by atoms with van der Waals surface area (Å²) < 4.78 is 10.2. The van der Waals surface area contributed by atoms with Crippen LogP contribution in [0.5, 0.6) is 0 Å². The average Bonchev–Trinajstić information content (AvgIpc) is 4.16. The van der Waals surface area contributed by atoms with Crippen molar-refractivity contribution in [1.82, 2.24) is 28.2 Å². The lowest BCUT2D eigenvalue weighted by atomic mass is 9.91. The van der Waals surface area contributed by atoms with Gasteiger partial charge in [0.05, 0.1) is 66.9 Å². The number of nitrogens with zero attached hydrogens (tertiary/aromatic N) is 6. The van der Waals surface area contributed by atoms with Gasteiger partial charge >= 0.3 is 0 Å². The molecule has 0 saturated heterocycles. The molecule has 0 saturated carbocycles. The summed E-state index contributed by atoms with van der Waals surface area (Å²) in [6.07, 6.45) is 7.88. The van der Waals surface area contributed by atoms with Crippen LogP contribution in [0, 0.1) is 0 Å². The van der Waals surface area contributed by atoms with E-state index in [-0.39, 0.29) is 0 Å². The van der Waals surface area contributed by atoms with Gasteiger partial charge in [-0.3, -0.25) is 9.97 Å². The van der Waals surface area contributed by atoms with Crippen molar-refractivity contribution in [2.45, 2.75) is 0 Å². The molecule has 6 nitrogen and oxygen atoms in total. The zero-order valence-electron chi connectivity index (χ0n) is 37.8. The molecule has 6 heteroatoms. The molecule has 15 aromatic rings. The zero-order chi connectivity index (χ0) is 45.9. The van der Waals surface area contributed by atoms with E-state index in [9.17, 15) is 0 Å². The van der Waals surface area contributed by atoms with Crippen LogP contribution in [0.1, 0.15) is 0 Å². The summed E-state index contributed by atoms with van der Waals surface area (Å²) >= 11 is 0. The Bertz CT molecular complexity index is 3830. The largest absolute Gasteiger partial charge is 0.306 e. The van der Waals surface area contributed by atoms with Gasteiger partial charge in [0.1, 0.15) is 0 Å². The fourth-order valence-electron chi connectivity index (χ4n) is 11.8. The van der Waals surface area contributed by atoms with Crippen LogP contribution in [0.4, 0.5) is 0 Å². The minimum atomic E-state index is 0.984. The molecule has 0 N–H and O–H groups in total. The van der Waals surface area contributed by atoms with E-state index >= 15 is 0 Å². The topological polar surface area (TPSA) is 45.5 Å². The number of hydrogen-bond donors (Lipinski definition) is 0. The standard InChI is InChI=1S/C64H40N6/c1-9-29-51-43(21-1)44-22-2-10-30-52(44)67(51)61-59(41-19-17-37-65-39-41)63(69-55-33-13-5-25-47(55)48-26-6-14-34-56(48)69)64(70-57-35-15-7-27-49(57)50-28-8-16-36-58(50)70)60(42-20-18-38-66-40-42)62(61)68-53-31-11-3-23-45(53)46-24-4-12-32-54(46)68/h1-40H. The van der Waals surface area contributed by atoms with Crippen LogP contribution in [-0.2, 0) is 0 Å². The molecule has 0 atom stereocenters. The molecule has 0 amide bonds. The normalized spacial score (nSPS) is 12.0. The van der Waals surface area contributed by atoms with Crippen molar-refractivity contribution in [2.75, 3.05) is 0 Å². The van der Waals surface area contributed by atoms with Crippen molar-refractivity contribution in [2.24, 2.45) is 0 Å². The molecule has 0 unspecified atom stereocenters. The van der Waals surface area contributed by atoms with Gasteiger partial charge in [-0.1, -0.05) is 158 Å². The summed E-state index contributed by atoms with van der Waals surface area (Å²) in [4.78, 5) is 9.96. The lowest BCUT2D eigenvalue weighted by Gasteiger charge is -2.31. The second-order valence-corrected chi connectivity index (χ2v) is 18.1. The number of rotatable bonds is 6. The minimum absolute atomic E-state index is 0.984. The Morgan fingerprint density at radius 3 is 0.600 bits per heavy atom. The van der Waals surface area contributed by atoms with E-state index in [4.69, 9.17) is 9.97 Å². The number of fused-ring (bicyclic) bond motifs is 12. The van der Waals surface area contributed by atoms with E-state index in [1.807, 2.05) is 12.4 Å². The molecule has 70 heavy (non-hydrogen) atoms. The van der Waals surface area contributed by atoms with Gasteiger partial charge in [-0.05, 0) is 60.7 Å². The predicted octanol–water partition coefficient (Wildman–Crippen LogP) is 16.2. The highest BCUT2D eigenvalue weighted by Gasteiger charge is 2.35. The zero-order valence-corrected chi connectivity index (χ0v) is 37.8. The number of aromatic nitrogens is 6. The molecule has 0 spiro atoms. The molecule has 15 rings (SSSR count). The number of para-hydroxylation sites is 8. The Kier molecular flexibility index (Phi) is 8.26. The van der Waals surface area contributed by atoms with Crippen molar-refractivity contribution in [3.8, 4) is 45.0 Å². The Morgan fingerprint density at radius 2 is 0.414 bits per heavy atom. The first-order valence-corrected chi connectivity index (χ1v) is 23.8. The molecule has 0 aliphatic carbocycles. The Morgan fingerprint density at radius 1 is 0.214 bits per heavy atom. The highest BCUT2D eigenvalue weighted by Crippen LogP contribution is 2.54. The third kappa shape index (κ3) is 5.33. The van der Waals surface area contributed by atoms with E-state index in [0.717, 1.165) is 89.1 Å². The van der Waals surface area contributed by atoms with E-state index in [1.165, 1.54) is 43.1 Å². The van der Waals surface area contributed by atoms with Crippen LogP contribution in [-0.4, -0.2) is 28.2 Å². The van der Waals surface area contributed by atoms with Gasteiger partial charge in [-0.2, -0.15) is 0 Å². The van der Waals surface area contributed by atoms with Crippen LogP contribution in [0.3, 0.4) is 0 Å². The second-order valence-electron chi connectivity index (χ2n) is 18.1. The van der Waals surface area contributed by atoms with E-state index < -0.39 is 0 Å². The van der Waals surface area contributed by atoms with Crippen LogP contribution < -0.4 is 0 Å². The lowest BCUT2D eigenvalue weighted by molar-refractivity contribution is 1.05. The Balaban J connectivity index is 1.35. The maximum Gasteiger partial charge on any atom is 0.0811 e. The molecule has 326 valence electrons. The first-order valence-electron chi connectivity index (χ1n) is 23.8. The van der Waals surface area contributed by atoms with Gasteiger partial charge < -0.3 is 18.3 Å². The molecule has 0 aliphatic heterocycles. The number of benzene rings is 9. The highest BCUT2D eigenvalue weighted by molar-refractivity contribution is 6.18. The molecule has 6 aromatic heterocycles. The smallest absolute Gasteiger partial charge is 0.0811 e. The molecule has 9 aromatic carbocycles. The Labute approximate surface area is 401 Å². The Hall–Kier alpha value is -9.52. The summed E-state index contributed by atoms with van der Waals surface area (Å²) in [6.45, 7) is 0. The van der Waals surface area contributed by atoms with Crippen LogP contribution in [0.25, 0.3) is 132 Å². The summed E-state index contributed by atoms with van der Waals surface area (Å²) in [5.74, 6) is 0. The van der Waals surface area contributed by atoms with Gasteiger partial charge in [0.15, 0.2) is 0 Å². The third-order valence-electron chi connectivity index (χ3n) is 14.5. The van der Waals surface area contributed by atoms with Crippen molar-refractivity contribution in [3.63, 3.8) is 0 Å². The maximum absolute atomic E-state index is 4.98. The van der Waals surface area contributed by atoms with Gasteiger partial charge in [0.25, 0.3) is 0 Å². The van der Waals surface area contributed by atoms with Crippen molar-refractivity contribution < 1.29 is 0 Å². The first-order chi connectivity index (χ1) is 34.8. The minimum Gasteiger partial charge on any atom is -0.306 e. The maximum atomic E-state index is 4.98. The molecular weight excluding hydrogens is 853 g/mol. The molecule has 0 radical (unpaired) electrons. The number of pyridine rings is 2. The quantitative estimate of drug-likeness (QED) is 0.167. The van der Waals surface area contributed by atoms with E-state index in [1.54, 1.807) is 0 Å². The summed E-state index contributed by atoms with van der Waals surface area (Å²) in [5, 5.41) is 9.42. The van der Waals surface area contributed by atoms with Gasteiger partial charge in [-0.15, -0.1) is 0 Å². The van der Waals surface area contributed by atoms with E-state index in [2.05, 4.69) is 249 Å².